The molecule has 38 heavy (non-hydrogen) atoms. The third kappa shape index (κ3) is 5.38. The normalized spacial score (nSPS) is 13.7. The minimum absolute atomic E-state index is 0.0187. The molecule has 0 unspecified atom stereocenters. The SMILES string of the molecule is CN(C)CCOc1nc(Nc2ccc(N3CCOCC3)cc2)c(C(N)=O)nc1-c1cccc2c1ncn2C. The molecule has 2 aromatic heterocycles. The van der Waals surface area contributed by atoms with Crippen LogP contribution in [-0.4, -0.2) is 83.9 Å². The van der Waals surface area contributed by atoms with Gasteiger partial charge in [0.25, 0.3) is 5.91 Å². The second-order valence-corrected chi connectivity index (χ2v) is 9.39. The number of fused-ring (bicyclic) bond motifs is 1. The molecule has 1 aliphatic heterocycles. The van der Waals surface area contributed by atoms with Gasteiger partial charge in [0.15, 0.2) is 11.5 Å². The first kappa shape index (κ1) is 25.4. The standard InChI is InChI=1S/C27H32N8O3/c1-33(2)11-16-38-27-23(20-5-4-6-21-22(20)29-17-34(21)3)31-24(25(28)36)26(32-27)30-18-7-9-19(10-8-18)35-12-14-37-15-13-35/h4-10,17H,11-16H2,1-3H3,(H2,28,36)(H,30,32). The van der Waals surface area contributed by atoms with Gasteiger partial charge in [-0.05, 0) is 44.4 Å². The van der Waals surface area contributed by atoms with Crippen molar-refractivity contribution in [3.8, 4) is 17.1 Å². The number of likely N-dealkylation sites (N-methyl/N-ethyl adjacent to an activating group) is 1. The monoisotopic (exact) mass is 516 g/mol. The number of morpholine rings is 1. The van der Waals surface area contributed by atoms with E-state index in [0.29, 0.717) is 43.5 Å². The van der Waals surface area contributed by atoms with Gasteiger partial charge in [-0.1, -0.05) is 12.1 Å². The molecule has 1 saturated heterocycles. The van der Waals surface area contributed by atoms with Crippen molar-refractivity contribution in [2.24, 2.45) is 12.8 Å². The smallest absolute Gasteiger partial charge is 0.271 e. The van der Waals surface area contributed by atoms with Crippen LogP contribution < -0.4 is 20.7 Å². The van der Waals surface area contributed by atoms with Crippen LogP contribution in [0.1, 0.15) is 10.5 Å². The molecule has 0 aliphatic carbocycles. The second-order valence-electron chi connectivity index (χ2n) is 9.39. The van der Waals surface area contributed by atoms with Crippen molar-refractivity contribution in [2.45, 2.75) is 0 Å². The Kier molecular flexibility index (Phi) is 7.38. The first-order valence-electron chi connectivity index (χ1n) is 12.5. The highest BCUT2D eigenvalue weighted by molar-refractivity contribution is 5.98. The number of aryl methyl sites for hydroxylation is 1. The Morgan fingerprint density at radius 2 is 1.89 bits per heavy atom. The molecule has 11 nitrogen and oxygen atoms in total. The quantitative estimate of drug-likeness (QED) is 0.345. The number of hydrogen-bond acceptors (Lipinski definition) is 9. The molecule has 0 saturated carbocycles. The van der Waals surface area contributed by atoms with Crippen LogP contribution >= 0.6 is 0 Å². The molecule has 3 heterocycles. The summed E-state index contributed by atoms with van der Waals surface area (Å²) in [5.74, 6) is -0.171. The highest BCUT2D eigenvalue weighted by Crippen LogP contribution is 2.34. The topological polar surface area (TPSA) is 124 Å². The van der Waals surface area contributed by atoms with E-state index in [0.717, 1.165) is 35.5 Å². The molecule has 1 aliphatic rings. The number of nitrogens with one attached hydrogen (secondary N) is 1. The summed E-state index contributed by atoms with van der Waals surface area (Å²) in [4.78, 5) is 30.7. The summed E-state index contributed by atoms with van der Waals surface area (Å²) in [5, 5.41) is 3.22. The van der Waals surface area contributed by atoms with Crippen LogP contribution in [0.15, 0.2) is 48.8 Å². The van der Waals surface area contributed by atoms with E-state index in [1.165, 1.54) is 0 Å². The molecule has 0 spiro atoms. The highest BCUT2D eigenvalue weighted by Gasteiger charge is 2.22. The molecule has 11 heteroatoms. The van der Waals surface area contributed by atoms with Gasteiger partial charge < -0.3 is 34.9 Å². The van der Waals surface area contributed by atoms with Gasteiger partial charge in [0.2, 0.25) is 5.88 Å². The van der Waals surface area contributed by atoms with E-state index in [2.05, 4.69) is 20.2 Å². The Hall–Kier alpha value is -4.22. The number of nitrogens with two attached hydrogens (primary N) is 1. The fourth-order valence-corrected chi connectivity index (χ4v) is 4.34. The van der Waals surface area contributed by atoms with Crippen molar-refractivity contribution in [2.75, 3.05) is 63.8 Å². The van der Waals surface area contributed by atoms with Crippen molar-refractivity contribution in [3.63, 3.8) is 0 Å². The molecule has 1 amide bonds. The lowest BCUT2D eigenvalue weighted by molar-refractivity contribution is 0.0996. The summed E-state index contributed by atoms with van der Waals surface area (Å²) in [7, 11) is 5.86. The number of aromatic nitrogens is 4. The fourth-order valence-electron chi connectivity index (χ4n) is 4.34. The zero-order valence-electron chi connectivity index (χ0n) is 21.8. The minimum atomic E-state index is -0.695. The van der Waals surface area contributed by atoms with Gasteiger partial charge in [-0.3, -0.25) is 4.79 Å². The molecular formula is C27H32N8O3. The molecule has 3 N–H and O–H groups in total. The maximum absolute atomic E-state index is 12.5. The van der Waals surface area contributed by atoms with Crippen LogP contribution in [0.3, 0.4) is 0 Å². The molecule has 0 atom stereocenters. The number of hydrogen-bond donors (Lipinski definition) is 2. The average molecular weight is 517 g/mol. The number of primary amides is 1. The maximum Gasteiger partial charge on any atom is 0.271 e. The molecule has 5 rings (SSSR count). The second kappa shape index (κ2) is 11.0. The number of carbonyl (C=O) groups is 1. The molecular weight excluding hydrogens is 484 g/mol. The van der Waals surface area contributed by atoms with Crippen molar-refractivity contribution >= 4 is 34.1 Å². The largest absolute Gasteiger partial charge is 0.475 e. The number of anilines is 3. The van der Waals surface area contributed by atoms with Crippen molar-refractivity contribution < 1.29 is 14.3 Å². The number of rotatable bonds is 9. The summed E-state index contributed by atoms with van der Waals surface area (Å²) in [6, 6.07) is 13.7. The van der Waals surface area contributed by atoms with Gasteiger partial charge in [0, 0.05) is 43.6 Å². The summed E-state index contributed by atoms with van der Waals surface area (Å²) in [5.41, 5.74) is 10.4. The number of nitrogens with zero attached hydrogens (tertiary/aromatic N) is 6. The maximum atomic E-state index is 12.5. The van der Waals surface area contributed by atoms with Crippen LogP contribution in [0.2, 0.25) is 0 Å². The predicted octanol–water partition coefficient (Wildman–Crippen LogP) is 2.65. The van der Waals surface area contributed by atoms with Crippen LogP contribution in [0.5, 0.6) is 5.88 Å². The summed E-state index contributed by atoms with van der Waals surface area (Å²) >= 11 is 0. The van der Waals surface area contributed by atoms with Gasteiger partial charge in [0.05, 0.1) is 30.6 Å². The Morgan fingerprint density at radius 1 is 1.13 bits per heavy atom. The summed E-state index contributed by atoms with van der Waals surface area (Å²) in [6.45, 7) is 4.19. The molecule has 0 radical (unpaired) electrons. The first-order chi connectivity index (χ1) is 18.4. The average Bonchev–Trinajstić information content (AvgIpc) is 3.30. The predicted molar refractivity (Wildman–Crippen MR) is 147 cm³/mol. The molecule has 1 fully saturated rings. The minimum Gasteiger partial charge on any atom is -0.475 e. The number of para-hydroxylation sites is 1. The lowest BCUT2D eigenvalue weighted by Crippen LogP contribution is -2.36. The van der Waals surface area contributed by atoms with Crippen molar-refractivity contribution in [1.29, 1.82) is 0 Å². The van der Waals surface area contributed by atoms with E-state index in [-0.39, 0.29) is 11.5 Å². The van der Waals surface area contributed by atoms with E-state index in [1.54, 1.807) is 6.33 Å². The van der Waals surface area contributed by atoms with Crippen LogP contribution in [0, 0.1) is 0 Å². The van der Waals surface area contributed by atoms with Crippen LogP contribution in [0.25, 0.3) is 22.3 Å². The number of amides is 1. The van der Waals surface area contributed by atoms with Crippen molar-refractivity contribution in [3.05, 3.63) is 54.5 Å². The van der Waals surface area contributed by atoms with Gasteiger partial charge in [-0.25, -0.2) is 9.97 Å². The number of benzene rings is 2. The van der Waals surface area contributed by atoms with E-state index in [9.17, 15) is 4.79 Å². The van der Waals surface area contributed by atoms with E-state index in [4.69, 9.17) is 20.2 Å². The number of carbonyl (C=O) groups excluding carboxylic acids is 1. The molecule has 4 aromatic rings. The first-order valence-corrected chi connectivity index (χ1v) is 12.5. The highest BCUT2D eigenvalue weighted by atomic mass is 16.5. The third-order valence-corrected chi connectivity index (χ3v) is 6.39. The molecule has 2 aromatic carbocycles. The van der Waals surface area contributed by atoms with Crippen LogP contribution in [-0.2, 0) is 11.8 Å². The summed E-state index contributed by atoms with van der Waals surface area (Å²) in [6.07, 6.45) is 1.74. The zero-order chi connectivity index (χ0) is 26.6. The fraction of sp³-hybridized carbons (Fsp3) is 0.333. The molecule has 0 bridgehead atoms. The van der Waals surface area contributed by atoms with Gasteiger partial charge in [-0.15, -0.1) is 0 Å². The Morgan fingerprint density at radius 3 is 2.61 bits per heavy atom. The summed E-state index contributed by atoms with van der Waals surface area (Å²) < 4.78 is 13.5. The Balaban J connectivity index is 1.53. The van der Waals surface area contributed by atoms with Crippen LogP contribution in [0.4, 0.5) is 17.2 Å². The van der Waals surface area contributed by atoms with Gasteiger partial charge in [0.1, 0.15) is 12.3 Å². The lowest BCUT2D eigenvalue weighted by atomic mass is 10.1. The lowest BCUT2D eigenvalue weighted by Gasteiger charge is -2.29. The molecule has 198 valence electrons. The Labute approximate surface area is 221 Å². The van der Waals surface area contributed by atoms with E-state index in [1.807, 2.05) is 73.1 Å². The van der Waals surface area contributed by atoms with Gasteiger partial charge in [-0.2, -0.15) is 4.98 Å². The Bertz CT molecular complexity index is 1430. The van der Waals surface area contributed by atoms with E-state index >= 15 is 0 Å². The number of ether oxygens (including phenoxy) is 2. The zero-order valence-corrected chi connectivity index (χ0v) is 21.8. The number of imidazole rings is 1. The van der Waals surface area contributed by atoms with Gasteiger partial charge >= 0.3 is 0 Å². The third-order valence-electron chi connectivity index (χ3n) is 6.39. The van der Waals surface area contributed by atoms with E-state index < -0.39 is 5.91 Å². The van der Waals surface area contributed by atoms with Crippen molar-refractivity contribution in [1.82, 2.24) is 24.4 Å².